The normalized spacial score (nSPS) is 12.2. The van der Waals surface area contributed by atoms with Gasteiger partial charge in [-0.3, -0.25) is 4.98 Å². The summed E-state index contributed by atoms with van der Waals surface area (Å²) >= 11 is 0. The van der Waals surface area contributed by atoms with E-state index >= 15 is 0 Å². The second kappa shape index (κ2) is 7.57. The van der Waals surface area contributed by atoms with Gasteiger partial charge in [-0.2, -0.15) is 0 Å². The molecule has 0 aliphatic rings. The highest BCUT2D eigenvalue weighted by Crippen LogP contribution is 2.54. The monoisotopic (exact) mass is 394 g/mol. The molecule has 0 atom stereocenters. The zero-order chi connectivity index (χ0) is 20.2. The molecule has 28 heavy (non-hydrogen) atoms. The van der Waals surface area contributed by atoms with Gasteiger partial charge in [-0.05, 0) is 67.5 Å². The van der Waals surface area contributed by atoms with Crippen LogP contribution < -0.4 is 9.47 Å². The SMILES string of the molecule is COc1ccncc1-c1cccnc1Oc1ccc(C#C[SH](C)(C)(C)C)cc1. The van der Waals surface area contributed by atoms with Crippen LogP contribution in [-0.2, 0) is 0 Å². The van der Waals surface area contributed by atoms with Crippen LogP contribution in [0.1, 0.15) is 5.56 Å². The fourth-order valence-corrected chi connectivity index (χ4v) is 3.02. The quantitative estimate of drug-likeness (QED) is 0.508. The van der Waals surface area contributed by atoms with Crippen molar-refractivity contribution in [2.24, 2.45) is 0 Å². The highest BCUT2D eigenvalue weighted by atomic mass is 32.3. The van der Waals surface area contributed by atoms with E-state index in [9.17, 15) is 0 Å². The molecule has 0 radical (unpaired) electrons. The van der Waals surface area contributed by atoms with Crippen molar-refractivity contribution in [2.45, 2.75) is 0 Å². The second-order valence-corrected chi connectivity index (χ2v) is 15.8. The van der Waals surface area contributed by atoms with Crippen molar-refractivity contribution >= 4 is 9.16 Å². The highest BCUT2D eigenvalue weighted by Gasteiger charge is 2.14. The van der Waals surface area contributed by atoms with E-state index in [0.717, 1.165) is 22.4 Å². The zero-order valence-electron chi connectivity index (χ0n) is 16.9. The third-order valence-corrected chi connectivity index (χ3v) is 4.78. The molecule has 0 saturated heterocycles. The van der Waals surface area contributed by atoms with Crippen LogP contribution in [0.15, 0.2) is 61.1 Å². The predicted octanol–water partition coefficient (Wildman–Crippen LogP) is 4.85. The molecular formula is C23H26N2O2S. The molecule has 0 aliphatic heterocycles. The number of aromatic nitrogens is 2. The van der Waals surface area contributed by atoms with E-state index in [0.29, 0.717) is 11.6 Å². The van der Waals surface area contributed by atoms with Crippen molar-refractivity contribution in [1.29, 1.82) is 0 Å². The fourth-order valence-electron chi connectivity index (χ4n) is 2.45. The molecule has 0 saturated carbocycles. The summed E-state index contributed by atoms with van der Waals surface area (Å²) in [4.78, 5) is 8.60. The summed E-state index contributed by atoms with van der Waals surface area (Å²) in [6, 6.07) is 13.4. The Bertz CT molecular complexity index is 1030. The third kappa shape index (κ3) is 5.28. The van der Waals surface area contributed by atoms with Gasteiger partial charge in [0.1, 0.15) is 11.5 Å². The van der Waals surface area contributed by atoms with Crippen molar-refractivity contribution in [2.75, 3.05) is 32.1 Å². The van der Waals surface area contributed by atoms with Gasteiger partial charge < -0.3 is 9.47 Å². The van der Waals surface area contributed by atoms with Crippen molar-refractivity contribution in [3.63, 3.8) is 0 Å². The zero-order valence-corrected chi connectivity index (χ0v) is 17.8. The molecule has 0 unspecified atom stereocenters. The van der Waals surface area contributed by atoms with Gasteiger partial charge in [-0.15, -0.1) is 0 Å². The molecule has 4 nitrogen and oxygen atoms in total. The van der Waals surface area contributed by atoms with E-state index in [1.807, 2.05) is 42.5 Å². The van der Waals surface area contributed by atoms with Gasteiger partial charge in [0.05, 0.1) is 7.11 Å². The van der Waals surface area contributed by atoms with Crippen molar-refractivity contribution in [3.05, 3.63) is 66.6 Å². The summed E-state index contributed by atoms with van der Waals surface area (Å²) in [5.41, 5.74) is 2.63. The molecule has 2 aromatic heterocycles. The largest absolute Gasteiger partial charge is 0.496 e. The van der Waals surface area contributed by atoms with Crippen LogP contribution in [0.5, 0.6) is 17.4 Å². The highest BCUT2D eigenvalue weighted by molar-refractivity contribution is 8.51. The van der Waals surface area contributed by atoms with Gasteiger partial charge in [0.25, 0.3) is 0 Å². The van der Waals surface area contributed by atoms with Crippen LogP contribution in [0.2, 0.25) is 0 Å². The number of hydrogen-bond donors (Lipinski definition) is 1. The lowest BCUT2D eigenvalue weighted by Gasteiger charge is -2.40. The molecule has 0 aliphatic carbocycles. The third-order valence-electron chi connectivity index (χ3n) is 3.78. The first-order valence-electron chi connectivity index (χ1n) is 8.97. The van der Waals surface area contributed by atoms with Gasteiger partial charge in [0.15, 0.2) is 0 Å². The Kier molecular flexibility index (Phi) is 5.35. The molecule has 0 fully saturated rings. The Morgan fingerprint density at radius 2 is 1.64 bits per heavy atom. The Morgan fingerprint density at radius 1 is 0.893 bits per heavy atom. The van der Waals surface area contributed by atoms with Gasteiger partial charge in [0, 0.05) is 35.3 Å². The van der Waals surface area contributed by atoms with Crippen LogP contribution in [0.3, 0.4) is 0 Å². The van der Waals surface area contributed by atoms with E-state index in [-0.39, 0.29) is 0 Å². The Balaban J connectivity index is 1.88. The summed E-state index contributed by atoms with van der Waals surface area (Å²) in [5.74, 6) is 5.20. The number of rotatable bonds is 4. The van der Waals surface area contributed by atoms with Crippen molar-refractivity contribution in [1.82, 2.24) is 9.97 Å². The lowest BCUT2D eigenvalue weighted by molar-refractivity contribution is 0.415. The first-order valence-corrected chi connectivity index (χ1v) is 13.0. The molecular weight excluding hydrogens is 368 g/mol. The predicted molar refractivity (Wildman–Crippen MR) is 120 cm³/mol. The molecule has 0 N–H and O–H groups in total. The lowest BCUT2D eigenvalue weighted by Crippen LogP contribution is -2.06. The standard InChI is InChI=1S/C23H26N2O2S/c1-26-22-12-15-24-17-21(22)20-7-6-14-25-23(20)27-19-10-8-18(9-11-19)13-16-28(2,3,4)5/h6-12,14-15,17,28H,1-5H3. The molecule has 146 valence electrons. The summed E-state index contributed by atoms with van der Waals surface area (Å²) in [6.07, 6.45) is 14.1. The number of methoxy groups -OCH3 is 1. The minimum Gasteiger partial charge on any atom is -0.496 e. The summed E-state index contributed by atoms with van der Waals surface area (Å²) < 4.78 is 11.5. The number of nitrogens with zero attached hydrogens (tertiary/aromatic N) is 2. The number of ether oxygens (including phenoxy) is 2. The Labute approximate surface area is 167 Å². The molecule has 0 spiro atoms. The van der Waals surface area contributed by atoms with Crippen LogP contribution in [0.25, 0.3) is 11.1 Å². The van der Waals surface area contributed by atoms with Crippen LogP contribution >= 0.6 is 9.16 Å². The molecule has 3 rings (SSSR count). The molecule has 2 heterocycles. The van der Waals surface area contributed by atoms with E-state index in [1.165, 1.54) is 0 Å². The van der Waals surface area contributed by atoms with Crippen LogP contribution in [0.4, 0.5) is 0 Å². The fraction of sp³-hybridized carbons (Fsp3) is 0.217. The average molecular weight is 395 g/mol. The number of pyridine rings is 2. The molecule has 0 amide bonds. The first kappa shape index (κ1) is 19.8. The number of thiol groups is 1. The van der Waals surface area contributed by atoms with Crippen molar-refractivity contribution in [3.8, 4) is 39.7 Å². The Morgan fingerprint density at radius 3 is 2.32 bits per heavy atom. The van der Waals surface area contributed by atoms with E-state index in [4.69, 9.17) is 9.47 Å². The smallest absolute Gasteiger partial charge is 0.227 e. The van der Waals surface area contributed by atoms with Gasteiger partial charge in [-0.25, -0.2) is 14.1 Å². The second-order valence-electron chi connectivity index (χ2n) is 8.37. The van der Waals surface area contributed by atoms with Crippen LogP contribution in [0, 0.1) is 11.2 Å². The summed E-state index contributed by atoms with van der Waals surface area (Å²) in [6.45, 7) is 0. The maximum atomic E-state index is 6.05. The van der Waals surface area contributed by atoms with E-state index in [2.05, 4.69) is 46.2 Å². The maximum Gasteiger partial charge on any atom is 0.227 e. The topological polar surface area (TPSA) is 44.2 Å². The minimum absolute atomic E-state index is 0.502. The molecule has 5 heteroatoms. The minimum atomic E-state index is -1.85. The summed E-state index contributed by atoms with van der Waals surface area (Å²) in [5, 5.41) is 3.43. The number of benzene rings is 1. The molecule has 1 aromatic carbocycles. The van der Waals surface area contributed by atoms with E-state index < -0.39 is 9.16 Å². The Hall–Kier alpha value is -2.97. The summed E-state index contributed by atoms with van der Waals surface area (Å²) in [7, 11) is -0.215. The van der Waals surface area contributed by atoms with Gasteiger partial charge in [-0.1, -0.05) is 11.2 Å². The molecule has 0 bridgehead atoms. The molecule has 3 aromatic rings. The average Bonchev–Trinajstić information content (AvgIpc) is 2.67. The first-order chi connectivity index (χ1) is 13.2. The van der Waals surface area contributed by atoms with E-state index in [1.54, 1.807) is 25.7 Å². The van der Waals surface area contributed by atoms with Crippen LogP contribution in [-0.4, -0.2) is 42.1 Å². The maximum absolute atomic E-state index is 6.05. The van der Waals surface area contributed by atoms with Gasteiger partial charge >= 0.3 is 0 Å². The number of hydrogen-bond acceptors (Lipinski definition) is 4. The lowest BCUT2D eigenvalue weighted by atomic mass is 10.1. The van der Waals surface area contributed by atoms with Crippen molar-refractivity contribution < 1.29 is 9.47 Å². The van der Waals surface area contributed by atoms with Gasteiger partial charge in [0.2, 0.25) is 5.88 Å².